The van der Waals surface area contributed by atoms with Crippen molar-refractivity contribution in [2.24, 2.45) is 7.05 Å². The molecule has 0 spiro atoms. The van der Waals surface area contributed by atoms with Crippen molar-refractivity contribution in [1.82, 2.24) is 15.1 Å². The quantitative estimate of drug-likeness (QED) is 0.842. The third kappa shape index (κ3) is 4.08. The number of halogens is 1. The van der Waals surface area contributed by atoms with Crippen LogP contribution in [0.1, 0.15) is 38.4 Å². The maximum absolute atomic E-state index is 5.29. The van der Waals surface area contributed by atoms with Gasteiger partial charge < -0.3 is 10.1 Å². The van der Waals surface area contributed by atoms with Gasteiger partial charge in [0.1, 0.15) is 0 Å². The van der Waals surface area contributed by atoms with Gasteiger partial charge in [-0.05, 0) is 42.2 Å². The molecule has 1 aromatic rings. The Labute approximate surface area is 112 Å². The minimum atomic E-state index is 0.295. The molecule has 17 heavy (non-hydrogen) atoms. The highest BCUT2D eigenvalue weighted by Gasteiger charge is 2.18. The minimum Gasteiger partial charge on any atom is -0.382 e. The van der Waals surface area contributed by atoms with Crippen LogP contribution in [0.5, 0.6) is 0 Å². The first-order valence-corrected chi connectivity index (χ1v) is 6.83. The molecule has 1 aromatic heterocycles. The zero-order valence-corrected chi connectivity index (χ0v) is 12.6. The zero-order chi connectivity index (χ0) is 12.8. The van der Waals surface area contributed by atoms with E-state index in [4.69, 9.17) is 4.74 Å². The van der Waals surface area contributed by atoms with Crippen LogP contribution < -0.4 is 5.32 Å². The summed E-state index contributed by atoms with van der Waals surface area (Å²) in [4.78, 5) is 0. The van der Waals surface area contributed by atoms with E-state index in [2.05, 4.69) is 40.2 Å². The third-order valence-electron chi connectivity index (χ3n) is 2.98. The van der Waals surface area contributed by atoms with Crippen LogP contribution in [0.3, 0.4) is 0 Å². The summed E-state index contributed by atoms with van der Waals surface area (Å²) >= 11 is 3.56. The average Bonchev–Trinajstić information content (AvgIpc) is 2.64. The Morgan fingerprint density at radius 3 is 2.71 bits per heavy atom. The fourth-order valence-corrected chi connectivity index (χ4v) is 2.54. The van der Waals surface area contributed by atoms with Gasteiger partial charge in [-0.25, -0.2) is 0 Å². The lowest BCUT2D eigenvalue weighted by molar-refractivity contribution is 0.106. The molecule has 2 atom stereocenters. The van der Waals surface area contributed by atoms with Crippen LogP contribution in [-0.4, -0.2) is 29.5 Å². The summed E-state index contributed by atoms with van der Waals surface area (Å²) in [6.45, 7) is 5.17. The van der Waals surface area contributed by atoms with Crippen LogP contribution in [0, 0.1) is 0 Å². The largest absolute Gasteiger partial charge is 0.382 e. The number of nitrogens with zero attached hydrogens (tertiary/aromatic N) is 2. The number of hydrogen-bond donors (Lipinski definition) is 1. The number of methoxy groups -OCH3 is 1. The van der Waals surface area contributed by atoms with Gasteiger partial charge in [-0.2, -0.15) is 5.10 Å². The standard InChI is InChI=1S/C12H22BrN3O/c1-5-14-11(7-6-9(2)17-4)12-10(13)8-15-16(12)3/h8-9,11,14H,5-7H2,1-4H3. The van der Waals surface area contributed by atoms with E-state index in [-0.39, 0.29) is 0 Å². The lowest BCUT2D eigenvalue weighted by Gasteiger charge is -2.20. The lowest BCUT2D eigenvalue weighted by Crippen LogP contribution is -2.24. The first kappa shape index (κ1) is 14.7. The molecule has 0 amide bonds. The van der Waals surface area contributed by atoms with Crippen molar-refractivity contribution >= 4 is 15.9 Å². The summed E-state index contributed by atoms with van der Waals surface area (Å²) in [6.07, 6.45) is 4.22. The van der Waals surface area contributed by atoms with Gasteiger partial charge in [-0.1, -0.05) is 6.92 Å². The molecule has 0 aliphatic heterocycles. The third-order valence-corrected chi connectivity index (χ3v) is 3.59. The van der Waals surface area contributed by atoms with Gasteiger partial charge in [0, 0.05) is 14.2 Å². The Hall–Kier alpha value is -0.390. The fraction of sp³-hybridized carbons (Fsp3) is 0.750. The molecule has 0 bridgehead atoms. The smallest absolute Gasteiger partial charge is 0.0692 e. The van der Waals surface area contributed by atoms with Gasteiger partial charge in [0.05, 0.1) is 28.5 Å². The van der Waals surface area contributed by atoms with Crippen molar-refractivity contribution in [1.29, 1.82) is 0 Å². The van der Waals surface area contributed by atoms with Crippen molar-refractivity contribution in [3.63, 3.8) is 0 Å². The molecule has 0 aromatic carbocycles. The molecule has 0 fully saturated rings. The van der Waals surface area contributed by atoms with E-state index in [1.807, 2.05) is 17.9 Å². The van der Waals surface area contributed by atoms with Crippen LogP contribution in [0.4, 0.5) is 0 Å². The van der Waals surface area contributed by atoms with Gasteiger partial charge in [0.2, 0.25) is 0 Å². The second-order valence-corrected chi connectivity index (χ2v) is 5.09. The van der Waals surface area contributed by atoms with Gasteiger partial charge >= 0.3 is 0 Å². The van der Waals surface area contributed by atoms with Crippen LogP contribution in [0.15, 0.2) is 10.7 Å². The topological polar surface area (TPSA) is 39.1 Å². The summed E-state index contributed by atoms with van der Waals surface area (Å²) in [6, 6.07) is 0.319. The average molecular weight is 304 g/mol. The van der Waals surface area contributed by atoms with Gasteiger partial charge in [0.15, 0.2) is 0 Å². The lowest BCUT2D eigenvalue weighted by atomic mass is 10.1. The van der Waals surface area contributed by atoms with Gasteiger partial charge in [-0.15, -0.1) is 0 Å². The van der Waals surface area contributed by atoms with E-state index >= 15 is 0 Å². The van der Waals surface area contributed by atoms with E-state index in [0.717, 1.165) is 23.9 Å². The van der Waals surface area contributed by atoms with Crippen molar-refractivity contribution in [3.05, 3.63) is 16.4 Å². The summed E-state index contributed by atoms with van der Waals surface area (Å²) < 4.78 is 8.29. The Kier molecular flexibility index (Phi) is 6.16. The molecule has 0 saturated carbocycles. The van der Waals surface area contributed by atoms with Crippen molar-refractivity contribution in [3.8, 4) is 0 Å². The van der Waals surface area contributed by atoms with Gasteiger partial charge in [0.25, 0.3) is 0 Å². The Morgan fingerprint density at radius 2 is 2.24 bits per heavy atom. The number of hydrogen-bond acceptors (Lipinski definition) is 3. The van der Waals surface area contributed by atoms with Crippen molar-refractivity contribution in [2.45, 2.75) is 38.8 Å². The van der Waals surface area contributed by atoms with Crippen molar-refractivity contribution in [2.75, 3.05) is 13.7 Å². The highest BCUT2D eigenvalue weighted by Crippen LogP contribution is 2.26. The minimum absolute atomic E-state index is 0.295. The van der Waals surface area contributed by atoms with Crippen LogP contribution in [0.25, 0.3) is 0 Å². The number of aryl methyl sites for hydroxylation is 1. The fourth-order valence-electron chi connectivity index (χ4n) is 1.91. The SMILES string of the molecule is CCNC(CCC(C)OC)c1c(Br)cnn1C. The number of rotatable bonds is 7. The van der Waals surface area contributed by atoms with Gasteiger partial charge in [-0.3, -0.25) is 4.68 Å². The molecule has 1 heterocycles. The first-order chi connectivity index (χ1) is 8.10. The van der Waals surface area contributed by atoms with E-state index in [1.165, 1.54) is 5.69 Å². The second-order valence-electron chi connectivity index (χ2n) is 4.24. The van der Waals surface area contributed by atoms with E-state index in [0.29, 0.717) is 12.1 Å². The normalized spacial score (nSPS) is 14.9. The molecule has 1 N–H and O–H groups in total. The number of nitrogens with one attached hydrogen (secondary N) is 1. The maximum atomic E-state index is 5.29. The summed E-state index contributed by atoms with van der Waals surface area (Å²) in [5.41, 5.74) is 1.20. The molecule has 0 saturated heterocycles. The zero-order valence-electron chi connectivity index (χ0n) is 11.0. The first-order valence-electron chi connectivity index (χ1n) is 6.03. The molecule has 0 aliphatic carbocycles. The molecule has 1 rings (SSSR count). The predicted octanol–water partition coefficient (Wildman–Crippen LogP) is 2.65. The number of ether oxygens (including phenoxy) is 1. The Bertz CT molecular complexity index is 321. The van der Waals surface area contributed by atoms with Crippen LogP contribution >= 0.6 is 15.9 Å². The monoisotopic (exact) mass is 303 g/mol. The Balaban J connectivity index is 2.72. The van der Waals surface area contributed by atoms with E-state index < -0.39 is 0 Å². The Morgan fingerprint density at radius 1 is 1.53 bits per heavy atom. The van der Waals surface area contributed by atoms with E-state index in [9.17, 15) is 0 Å². The van der Waals surface area contributed by atoms with Crippen LogP contribution in [0.2, 0.25) is 0 Å². The highest BCUT2D eigenvalue weighted by molar-refractivity contribution is 9.10. The highest BCUT2D eigenvalue weighted by atomic mass is 79.9. The second kappa shape index (κ2) is 7.13. The molecule has 0 radical (unpaired) electrons. The molecule has 0 aliphatic rings. The molecule has 2 unspecified atom stereocenters. The molecular formula is C12H22BrN3O. The predicted molar refractivity (Wildman–Crippen MR) is 73.0 cm³/mol. The molecule has 5 heteroatoms. The number of aromatic nitrogens is 2. The summed E-state index contributed by atoms with van der Waals surface area (Å²) in [5, 5.41) is 7.76. The molecular weight excluding hydrogens is 282 g/mol. The van der Waals surface area contributed by atoms with Crippen LogP contribution in [-0.2, 0) is 11.8 Å². The maximum Gasteiger partial charge on any atom is 0.0692 e. The van der Waals surface area contributed by atoms with Crippen molar-refractivity contribution < 1.29 is 4.74 Å². The molecule has 4 nitrogen and oxygen atoms in total. The van der Waals surface area contributed by atoms with E-state index in [1.54, 1.807) is 7.11 Å². The summed E-state index contributed by atoms with van der Waals surface area (Å²) in [5.74, 6) is 0. The molecule has 98 valence electrons. The summed E-state index contributed by atoms with van der Waals surface area (Å²) in [7, 11) is 3.73.